The van der Waals surface area contributed by atoms with Crippen LogP contribution >= 0.6 is 22.6 Å². The fraction of sp³-hybridized carbons (Fsp3) is 0.0714. The Morgan fingerprint density at radius 3 is 2.43 bits per heavy atom. The number of benzene rings is 4. The van der Waals surface area contributed by atoms with Crippen LogP contribution in [0.4, 0.5) is 10.5 Å². The van der Waals surface area contributed by atoms with Gasteiger partial charge in [0.05, 0.1) is 5.69 Å². The number of aromatic hydroxyl groups is 1. The largest absolute Gasteiger partial charge is 0.508 e. The lowest BCUT2D eigenvalue weighted by molar-refractivity contribution is -0.124. The van der Waals surface area contributed by atoms with Crippen LogP contribution in [0.3, 0.4) is 0 Å². The average molecular weight is 610 g/mol. The van der Waals surface area contributed by atoms with Crippen molar-refractivity contribution in [2.45, 2.75) is 12.2 Å². The molecular formula is C28H23IN2O6. The number of hydrogen-bond acceptors (Lipinski definition) is 6. The molecule has 0 spiro atoms. The molecule has 0 fully saturated rings. The van der Waals surface area contributed by atoms with E-state index in [4.69, 9.17) is 14.7 Å². The van der Waals surface area contributed by atoms with Crippen molar-refractivity contribution in [1.29, 1.82) is 0 Å². The molecule has 2 amide bonds. The van der Waals surface area contributed by atoms with Crippen LogP contribution in [0.15, 0.2) is 103 Å². The molecular weight excluding hydrogens is 587 g/mol. The lowest BCUT2D eigenvalue weighted by Gasteiger charge is -2.27. The summed E-state index contributed by atoms with van der Waals surface area (Å²) in [7, 11) is 0. The molecule has 0 saturated heterocycles. The van der Waals surface area contributed by atoms with E-state index in [2.05, 4.69) is 27.9 Å². The molecule has 0 aliphatic carbocycles. The molecule has 2 atom stereocenters. The van der Waals surface area contributed by atoms with Gasteiger partial charge in [0.2, 0.25) is 0 Å². The van der Waals surface area contributed by atoms with E-state index in [9.17, 15) is 14.7 Å². The second kappa shape index (κ2) is 12.2. The van der Waals surface area contributed by atoms with Crippen LogP contribution in [0, 0.1) is 3.57 Å². The second-order valence-corrected chi connectivity index (χ2v) is 9.16. The average Bonchev–Trinajstić information content (AvgIpc) is 2.92. The number of nitrogens with one attached hydrogen (secondary N) is 2. The number of para-hydroxylation sites is 1. The van der Waals surface area contributed by atoms with Gasteiger partial charge in [0, 0.05) is 20.6 Å². The third kappa shape index (κ3) is 6.78. The highest BCUT2D eigenvalue weighted by molar-refractivity contribution is 14.1. The Morgan fingerprint density at radius 1 is 0.919 bits per heavy atom. The Labute approximate surface area is 226 Å². The van der Waals surface area contributed by atoms with Crippen LogP contribution in [0.5, 0.6) is 11.5 Å². The minimum absolute atomic E-state index is 0.120. The third-order valence-electron chi connectivity index (χ3n) is 5.42. The molecule has 8 nitrogen and oxygen atoms in total. The molecule has 0 aliphatic rings. The van der Waals surface area contributed by atoms with Crippen molar-refractivity contribution in [2.24, 2.45) is 0 Å². The van der Waals surface area contributed by atoms with Gasteiger partial charge in [0.1, 0.15) is 11.5 Å². The number of carbonyl (C=O) groups is 2. The zero-order valence-electron chi connectivity index (χ0n) is 19.4. The zero-order chi connectivity index (χ0) is 26.2. The predicted octanol–water partition coefficient (Wildman–Crippen LogP) is 5.95. The van der Waals surface area contributed by atoms with Gasteiger partial charge in [0.15, 0.2) is 12.2 Å². The van der Waals surface area contributed by atoms with Gasteiger partial charge in [-0.25, -0.2) is 10.3 Å². The van der Waals surface area contributed by atoms with Gasteiger partial charge in [-0.1, -0.05) is 54.6 Å². The molecule has 0 radical (unpaired) electrons. The normalized spacial score (nSPS) is 12.6. The Balaban J connectivity index is 1.71. The first kappa shape index (κ1) is 26.0. The molecule has 9 heteroatoms. The van der Waals surface area contributed by atoms with Crippen LogP contribution in [-0.4, -0.2) is 28.4 Å². The number of rotatable bonds is 8. The summed E-state index contributed by atoms with van der Waals surface area (Å²) >= 11 is 2.08. The van der Waals surface area contributed by atoms with Crippen LogP contribution < -0.4 is 15.5 Å². The maximum absolute atomic E-state index is 13.2. The van der Waals surface area contributed by atoms with Gasteiger partial charge in [-0.15, -0.1) is 0 Å². The monoisotopic (exact) mass is 610 g/mol. The van der Waals surface area contributed by atoms with Gasteiger partial charge in [-0.3, -0.25) is 15.3 Å². The highest BCUT2D eigenvalue weighted by Crippen LogP contribution is 2.34. The molecule has 4 aromatic carbocycles. The SMILES string of the molecule is O=C(/C=C/[C@H](Oc1ccccc1)[C@@H](OC(=O)Nc1cccc2ccccc12)c1cc(I)ccc1O)NO. The number of hydroxylamine groups is 1. The number of fused-ring (bicyclic) bond motifs is 1. The Morgan fingerprint density at radius 2 is 1.65 bits per heavy atom. The second-order valence-electron chi connectivity index (χ2n) is 7.91. The number of phenols is 1. The Bertz CT molecular complexity index is 1420. The minimum Gasteiger partial charge on any atom is -0.508 e. The summed E-state index contributed by atoms with van der Waals surface area (Å²) in [6.45, 7) is 0. The van der Waals surface area contributed by atoms with Crippen LogP contribution in [-0.2, 0) is 9.53 Å². The van der Waals surface area contributed by atoms with E-state index in [-0.39, 0.29) is 11.3 Å². The molecule has 0 aromatic heterocycles. The van der Waals surface area contributed by atoms with E-state index in [1.807, 2.05) is 42.5 Å². The van der Waals surface area contributed by atoms with Crippen LogP contribution in [0.2, 0.25) is 0 Å². The summed E-state index contributed by atoms with van der Waals surface area (Å²) in [5, 5.41) is 24.2. The third-order valence-corrected chi connectivity index (χ3v) is 6.09. The first-order valence-corrected chi connectivity index (χ1v) is 12.3. The van der Waals surface area contributed by atoms with Gasteiger partial charge in [-0.2, -0.15) is 0 Å². The summed E-state index contributed by atoms with van der Waals surface area (Å²) in [4.78, 5) is 24.9. The number of carbonyl (C=O) groups excluding carboxylic acids is 2. The van der Waals surface area contributed by atoms with E-state index in [0.29, 0.717) is 11.4 Å². The number of halogens is 1. The standard InChI is InChI=1S/C28H23IN2O6/c29-19-13-14-24(32)22(17-19)27(25(15-16-26(33)31-35)36-20-9-2-1-3-10-20)37-28(34)30-23-12-6-8-18-7-4-5-11-21(18)23/h1-17,25,27,32,35H,(H,30,34)(H,31,33)/b16-15+/t25-,27-/m0/s1. The van der Waals surface area contributed by atoms with Crippen molar-refractivity contribution in [2.75, 3.05) is 5.32 Å². The van der Waals surface area contributed by atoms with Crippen LogP contribution in [0.25, 0.3) is 10.8 Å². The van der Waals surface area contributed by atoms with Crippen molar-refractivity contribution in [3.8, 4) is 11.5 Å². The van der Waals surface area contributed by atoms with Gasteiger partial charge in [0.25, 0.3) is 5.91 Å². The number of hydrogen-bond donors (Lipinski definition) is 4. The van der Waals surface area contributed by atoms with E-state index in [0.717, 1.165) is 20.4 Å². The van der Waals surface area contributed by atoms with Gasteiger partial charge in [-0.05, 0) is 70.5 Å². The summed E-state index contributed by atoms with van der Waals surface area (Å²) in [6, 6.07) is 26.7. The number of ether oxygens (including phenoxy) is 2. The molecule has 4 rings (SSSR count). The summed E-state index contributed by atoms with van der Waals surface area (Å²) in [5.74, 6) is -0.479. The maximum atomic E-state index is 13.2. The molecule has 0 saturated carbocycles. The molecule has 188 valence electrons. The van der Waals surface area contributed by atoms with Crippen molar-refractivity contribution in [3.05, 3.63) is 112 Å². The number of phenolic OH excluding ortho intramolecular Hbond substituents is 1. The summed E-state index contributed by atoms with van der Waals surface area (Å²) in [5.41, 5.74) is 2.34. The molecule has 0 heterocycles. The lowest BCUT2D eigenvalue weighted by atomic mass is 10.0. The Hall–Kier alpha value is -4.09. The first-order chi connectivity index (χ1) is 17.9. The number of anilines is 1. The van der Waals surface area contributed by atoms with Crippen molar-refractivity contribution in [3.63, 3.8) is 0 Å². The van der Waals surface area contributed by atoms with E-state index in [1.165, 1.54) is 17.6 Å². The molecule has 0 unspecified atom stereocenters. The van der Waals surface area contributed by atoms with Crippen molar-refractivity contribution in [1.82, 2.24) is 5.48 Å². The molecule has 0 bridgehead atoms. The molecule has 4 N–H and O–H groups in total. The summed E-state index contributed by atoms with van der Waals surface area (Å²) < 4.78 is 12.7. The number of amides is 2. The maximum Gasteiger partial charge on any atom is 0.412 e. The lowest BCUT2D eigenvalue weighted by Crippen LogP contribution is -2.30. The molecule has 0 aliphatic heterocycles. The first-order valence-electron chi connectivity index (χ1n) is 11.2. The topological polar surface area (TPSA) is 117 Å². The smallest absolute Gasteiger partial charge is 0.412 e. The fourth-order valence-electron chi connectivity index (χ4n) is 3.73. The Kier molecular flexibility index (Phi) is 8.60. The zero-order valence-corrected chi connectivity index (χ0v) is 21.5. The van der Waals surface area contributed by atoms with Crippen LogP contribution in [0.1, 0.15) is 11.7 Å². The summed E-state index contributed by atoms with van der Waals surface area (Å²) in [6.07, 6.45) is -0.624. The van der Waals surface area contributed by atoms with E-state index < -0.39 is 24.2 Å². The van der Waals surface area contributed by atoms with Gasteiger partial charge >= 0.3 is 6.09 Å². The van der Waals surface area contributed by atoms with E-state index >= 15 is 0 Å². The quantitative estimate of drug-likeness (QED) is 0.0849. The highest BCUT2D eigenvalue weighted by atomic mass is 127. The van der Waals surface area contributed by atoms with Crippen molar-refractivity contribution >= 4 is 51.1 Å². The molecule has 4 aromatic rings. The van der Waals surface area contributed by atoms with Crippen molar-refractivity contribution < 1.29 is 29.4 Å². The fourth-order valence-corrected chi connectivity index (χ4v) is 4.24. The van der Waals surface area contributed by atoms with E-state index in [1.54, 1.807) is 42.5 Å². The predicted molar refractivity (Wildman–Crippen MR) is 148 cm³/mol. The van der Waals surface area contributed by atoms with Gasteiger partial charge < -0.3 is 14.6 Å². The minimum atomic E-state index is -1.17. The molecule has 37 heavy (non-hydrogen) atoms. The highest BCUT2D eigenvalue weighted by Gasteiger charge is 2.30.